The average molecular weight is 425 g/mol. The van der Waals surface area contributed by atoms with E-state index in [1.807, 2.05) is 18.2 Å². The normalized spacial score (nSPS) is 12.4. The minimum atomic E-state index is -0.338. The van der Waals surface area contributed by atoms with Crippen molar-refractivity contribution in [2.45, 2.75) is 12.5 Å². The molecule has 2 rings (SSSR count). The van der Waals surface area contributed by atoms with Crippen LogP contribution in [0.4, 0.5) is 4.39 Å². The molecule has 0 heterocycles. The van der Waals surface area contributed by atoms with Crippen LogP contribution in [0.2, 0.25) is 10.0 Å². The van der Waals surface area contributed by atoms with Gasteiger partial charge in [0.25, 0.3) is 0 Å². The molecule has 0 amide bonds. The van der Waals surface area contributed by atoms with Crippen LogP contribution in [-0.4, -0.2) is 0 Å². The van der Waals surface area contributed by atoms with Crippen molar-refractivity contribution >= 4 is 45.8 Å². The Morgan fingerprint density at radius 2 is 1.80 bits per heavy atom. The molecule has 0 saturated carbocycles. The Balaban J connectivity index is 2.31. The molecule has 0 bridgehead atoms. The van der Waals surface area contributed by atoms with Crippen LogP contribution in [0.3, 0.4) is 0 Å². The highest BCUT2D eigenvalue weighted by atomic mass is 127. The first-order valence-corrected chi connectivity index (χ1v) is 7.69. The van der Waals surface area contributed by atoms with E-state index in [1.165, 1.54) is 6.07 Å². The molecular weight excluding hydrogens is 413 g/mol. The van der Waals surface area contributed by atoms with Crippen LogP contribution >= 0.6 is 45.8 Å². The Hall–Kier alpha value is -0.400. The Labute approximate surface area is 140 Å². The molecule has 1 atom stereocenters. The lowest BCUT2D eigenvalue weighted by atomic mass is 9.99. The van der Waals surface area contributed by atoms with Gasteiger partial charge in [-0.15, -0.1) is 0 Å². The molecule has 3 N–H and O–H groups in total. The van der Waals surface area contributed by atoms with Gasteiger partial charge >= 0.3 is 0 Å². The largest absolute Gasteiger partial charge is 0.271 e. The lowest BCUT2D eigenvalue weighted by Gasteiger charge is -2.18. The molecule has 2 nitrogen and oxygen atoms in total. The predicted molar refractivity (Wildman–Crippen MR) is 89.3 cm³/mol. The maximum absolute atomic E-state index is 13.9. The van der Waals surface area contributed by atoms with Crippen molar-refractivity contribution in [1.29, 1.82) is 0 Å². The first-order valence-electron chi connectivity index (χ1n) is 5.86. The lowest BCUT2D eigenvalue weighted by molar-refractivity contribution is 0.527. The summed E-state index contributed by atoms with van der Waals surface area (Å²) in [6, 6.07) is 9.95. The van der Waals surface area contributed by atoms with E-state index in [1.54, 1.807) is 12.1 Å². The molecule has 2 aromatic carbocycles. The number of rotatable bonds is 4. The molecule has 0 radical (unpaired) electrons. The van der Waals surface area contributed by atoms with E-state index in [2.05, 4.69) is 28.0 Å². The second-order valence-electron chi connectivity index (χ2n) is 4.32. The summed E-state index contributed by atoms with van der Waals surface area (Å²) in [7, 11) is 0. The average Bonchev–Trinajstić information content (AvgIpc) is 2.41. The highest BCUT2D eigenvalue weighted by molar-refractivity contribution is 14.1. The fraction of sp³-hybridized carbons (Fsp3) is 0.143. The number of hydrogen-bond donors (Lipinski definition) is 2. The number of hydrazine groups is 1. The quantitative estimate of drug-likeness (QED) is 0.431. The smallest absolute Gasteiger partial charge is 0.127 e. The molecule has 0 aliphatic rings. The minimum absolute atomic E-state index is 0.226. The molecule has 20 heavy (non-hydrogen) atoms. The van der Waals surface area contributed by atoms with Crippen LogP contribution in [0.5, 0.6) is 0 Å². The van der Waals surface area contributed by atoms with Gasteiger partial charge in [-0.05, 0) is 70.5 Å². The van der Waals surface area contributed by atoms with Crippen LogP contribution in [0.25, 0.3) is 0 Å². The zero-order valence-electron chi connectivity index (χ0n) is 10.3. The summed E-state index contributed by atoms with van der Waals surface area (Å²) < 4.78 is 14.9. The lowest BCUT2D eigenvalue weighted by Crippen LogP contribution is -2.30. The molecule has 0 aliphatic carbocycles. The second kappa shape index (κ2) is 7.04. The summed E-state index contributed by atoms with van der Waals surface area (Å²) in [5, 5.41) is 0.998. The maximum Gasteiger partial charge on any atom is 0.127 e. The highest BCUT2D eigenvalue weighted by Gasteiger charge is 2.16. The van der Waals surface area contributed by atoms with E-state index < -0.39 is 0 Å². The van der Waals surface area contributed by atoms with Crippen molar-refractivity contribution in [3.05, 3.63) is 67.0 Å². The van der Waals surface area contributed by atoms with Crippen LogP contribution < -0.4 is 11.3 Å². The van der Waals surface area contributed by atoms with E-state index in [4.69, 9.17) is 29.0 Å². The van der Waals surface area contributed by atoms with E-state index in [0.717, 1.165) is 9.13 Å². The van der Waals surface area contributed by atoms with Gasteiger partial charge in [-0.1, -0.05) is 29.3 Å². The minimum Gasteiger partial charge on any atom is -0.271 e. The number of hydrogen-bond acceptors (Lipinski definition) is 2. The molecular formula is C14H12Cl2FIN2. The Morgan fingerprint density at radius 3 is 2.45 bits per heavy atom. The van der Waals surface area contributed by atoms with E-state index in [-0.39, 0.29) is 11.9 Å². The van der Waals surface area contributed by atoms with Crippen molar-refractivity contribution in [3.8, 4) is 0 Å². The van der Waals surface area contributed by atoms with E-state index in [0.29, 0.717) is 22.0 Å². The first-order chi connectivity index (χ1) is 9.51. The van der Waals surface area contributed by atoms with Crippen molar-refractivity contribution in [2.75, 3.05) is 0 Å². The van der Waals surface area contributed by atoms with E-state index in [9.17, 15) is 4.39 Å². The molecule has 0 saturated heterocycles. The summed E-state index contributed by atoms with van der Waals surface area (Å²) >= 11 is 14.0. The van der Waals surface area contributed by atoms with Gasteiger partial charge in [-0.2, -0.15) is 0 Å². The van der Waals surface area contributed by atoms with Crippen LogP contribution in [0, 0.1) is 9.39 Å². The number of nitrogens with one attached hydrogen (secondary N) is 1. The summed E-state index contributed by atoms with van der Waals surface area (Å²) in [6.07, 6.45) is 0.413. The zero-order valence-corrected chi connectivity index (χ0v) is 14.0. The molecule has 2 aromatic rings. The molecule has 0 fully saturated rings. The maximum atomic E-state index is 13.9. The van der Waals surface area contributed by atoms with E-state index >= 15 is 0 Å². The first kappa shape index (κ1) is 16.0. The van der Waals surface area contributed by atoms with Gasteiger partial charge in [0.05, 0.1) is 6.04 Å². The SMILES string of the molecule is NNC(Cc1ccc(Cl)cc1F)c1cc(Cl)ccc1I. The van der Waals surface area contributed by atoms with Crippen molar-refractivity contribution in [3.63, 3.8) is 0 Å². The number of halogens is 4. The Morgan fingerprint density at radius 1 is 1.15 bits per heavy atom. The number of benzene rings is 2. The van der Waals surface area contributed by atoms with Gasteiger partial charge in [0.1, 0.15) is 5.82 Å². The molecule has 106 valence electrons. The Bertz CT molecular complexity index is 622. The Kier molecular flexibility index (Phi) is 5.63. The molecule has 1 unspecified atom stereocenters. The van der Waals surface area contributed by atoms with Gasteiger partial charge in [-0.25, -0.2) is 4.39 Å². The summed E-state index contributed by atoms with van der Waals surface area (Å²) in [6.45, 7) is 0. The third-order valence-corrected chi connectivity index (χ3v) is 4.43. The number of nitrogens with two attached hydrogens (primary N) is 1. The molecule has 0 aromatic heterocycles. The third-order valence-electron chi connectivity index (χ3n) is 2.97. The van der Waals surface area contributed by atoms with Crippen molar-refractivity contribution < 1.29 is 4.39 Å². The van der Waals surface area contributed by atoms with Crippen LogP contribution in [0.1, 0.15) is 17.2 Å². The summed E-state index contributed by atoms with van der Waals surface area (Å²) in [5.74, 6) is 5.27. The van der Waals surface area contributed by atoms with Gasteiger partial charge in [-0.3, -0.25) is 11.3 Å². The standard InChI is InChI=1S/C14H12Cl2FIN2/c15-9-3-4-13(18)11(6-9)14(20-19)5-8-1-2-10(16)7-12(8)17/h1-4,6-7,14,20H,5,19H2. The zero-order chi connectivity index (χ0) is 14.7. The molecule has 0 aliphatic heterocycles. The second-order valence-corrected chi connectivity index (χ2v) is 6.36. The summed E-state index contributed by atoms with van der Waals surface area (Å²) in [5.41, 5.74) is 4.20. The van der Waals surface area contributed by atoms with Crippen LogP contribution in [-0.2, 0) is 6.42 Å². The van der Waals surface area contributed by atoms with Gasteiger partial charge < -0.3 is 0 Å². The monoisotopic (exact) mass is 424 g/mol. The summed E-state index contributed by atoms with van der Waals surface area (Å²) in [4.78, 5) is 0. The molecule has 6 heteroatoms. The van der Waals surface area contributed by atoms with Crippen molar-refractivity contribution in [2.24, 2.45) is 5.84 Å². The van der Waals surface area contributed by atoms with Gasteiger partial charge in [0.15, 0.2) is 0 Å². The predicted octanol–water partition coefficient (Wildman–Crippen LogP) is 4.48. The van der Waals surface area contributed by atoms with Crippen molar-refractivity contribution in [1.82, 2.24) is 5.43 Å². The topological polar surface area (TPSA) is 38.0 Å². The van der Waals surface area contributed by atoms with Crippen LogP contribution in [0.15, 0.2) is 36.4 Å². The highest BCUT2D eigenvalue weighted by Crippen LogP contribution is 2.27. The third kappa shape index (κ3) is 3.83. The van der Waals surface area contributed by atoms with Gasteiger partial charge in [0.2, 0.25) is 0 Å². The molecule has 0 spiro atoms. The van der Waals surface area contributed by atoms with Gasteiger partial charge in [0, 0.05) is 13.6 Å². The fourth-order valence-corrected chi connectivity index (χ4v) is 3.00. The fourth-order valence-electron chi connectivity index (χ4n) is 1.95.